The highest BCUT2D eigenvalue weighted by atomic mass is 35.5. The third kappa shape index (κ3) is 3.69. The van der Waals surface area contributed by atoms with Gasteiger partial charge in [-0.3, -0.25) is 11.3 Å². The molecule has 0 aliphatic heterocycles. The van der Waals surface area contributed by atoms with E-state index in [2.05, 4.69) is 5.43 Å². The zero-order valence-electron chi connectivity index (χ0n) is 11.4. The maximum atomic E-state index is 13.7. The Hall–Kier alpha value is -1.69. The van der Waals surface area contributed by atoms with Crippen molar-refractivity contribution in [3.05, 3.63) is 64.2 Å². The first-order valence-corrected chi connectivity index (χ1v) is 6.66. The summed E-state index contributed by atoms with van der Waals surface area (Å²) in [5.41, 5.74) is 3.78. The van der Waals surface area contributed by atoms with Crippen LogP contribution in [0.5, 0.6) is 5.75 Å². The van der Waals surface area contributed by atoms with Crippen molar-refractivity contribution in [1.29, 1.82) is 0 Å². The summed E-state index contributed by atoms with van der Waals surface area (Å²) >= 11 is 5.97. The Morgan fingerprint density at radius 3 is 2.62 bits per heavy atom. The third-order valence-corrected chi connectivity index (χ3v) is 3.53. The molecule has 0 aromatic heterocycles. The molecule has 3 N–H and O–H groups in total. The van der Waals surface area contributed by atoms with Gasteiger partial charge >= 0.3 is 0 Å². The molecular formula is C15H15ClF2N2O. The van der Waals surface area contributed by atoms with E-state index in [4.69, 9.17) is 22.2 Å². The molecule has 21 heavy (non-hydrogen) atoms. The Morgan fingerprint density at radius 1 is 1.24 bits per heavy atom. The molecule has 0 aliphatic rings. The molecular weight excluding hydrogens is 298 g/mol. The van der Waals surface area contributed by atoms with Gasteiger partial charge in [0.15, 0.2) is 0 Å². The van der Waals surface area contributed by atoms with Crippen LogP contribution < -0.4 is 16.0 Å². The number of ether oxygens (including phenoxy) is 1. The highest BCUT2D eigenvalue weighted by molar-refractivity contribution is 6.32. The normalized spacial score (nSPS) is 12.2. The average molecular weight is 313 g/mol. The van der Waals surface area contributed by atoms with E-state index < -0.39 is 11.6 Å². The van der Waals surface area contributed by atoms with Crippen molar-refractivity contribution in [2.24, 2.45) is 5.84 Å². The molecule has 0 bridgehead atoms. The van der Waals surface area contributed by atoms with Crippen LogP contribution in [0.4, 0.5) is 8.78 Å². The van der Waals surface area contributed by atoms with Crippen molar-refractivity contribution in [2.45, 2.75) is 12.5 Å². The van der Waals surface area contributed by atoms with Crippen LogP contribution in [0.15, 0.2) is 36.4 Å². The molecule has 0 saturated carbocycles. The summed E-state index contributed by atoms with van der Waals surface area (Å²) in [7, 11) is 1.51. The zero-order valence-corrected chi connectivity index (χ0v) is 12.1. The van der Waals surface area contributed by atoms with E-state index in [0.717, 1.165) is 11.6 Å². The largest absolute Gasteiger partial charge is 0.495 e. The van der Waals surface area contributed by atoms with E-state index in [1.165, 1.54) is 19.2 Å². The van der Waals surface area contributed by atoms with Crippen molar-refractivity contribution in [2.75, 3.05) is 7.11 Å². The molecule has 1 atom stereocenters. The molecule has 0 amide bonds. The SMILES string of the molecule is COc1cc(C(Cc2ccc(F)cc2F)NN)ccc1Cl. The lowest BCUT2D eigenvalue weighted by molar-refractivity contribution is 0.413. The van der Waals surface area contributed by atoms with E-state index in [1.807, 2.05) is 0 Å². The van der Waals surface area contributed by atoms with Crippen LogP contribution in [0.1, 0.15) is 17.2 Å². The number of hydrazine groups is 1. The van der Waals surface area contributed by atoms with Crippen LogP contribution >= 0.6 is 11.6 Å². The van der Waals surface area contributed by atoms with Crippen molar-refractivity contribution in [3.63, 3.8) is 0 Å². The fourth-order valence-corrected chi connectivity index (χ4v) is 2.27. The van der Waals surface area contributed by atoms with Crippen molar-refractivity contribution in [1.82, 2.24) is 5.43 Å². The molecule has 6 heteroatoms. The molecule has 3 nitrogen and oxygen atoms in total. The molecule has 0 aliphatic carbocycles. The molecule has 0 heterocycles. The Bertz CT molecular complexity index is 637. The van der Waals surface area contributed by atoms with Crippen molar-refractivity contribution in [3.8, 4) is 5.75 Å². The van der Waals surface area contributed by atoms with E-state index in [1.54, 1.807) is 18.2 Å². The van der Waals surface area contributed by atoms with Crippen LogP contribution in [0.2, 0.25) is 5.02 Å². The van der Waals surface area contributed by atoms with E-state index >= 15 is 0 Å². The van der Waals surface area contributed by atoms with Crippen molar-refractivity contribution < 1.29 is 13.5 Å². The number of rotatable bonds is 5. The summed E-state index contributed by atoms with van der Waals surface area (Å²) in [6.45, 7) is 0. The van der Waals surface area contributed by atoms with Crippen LogP contribution in [0.25, 0.3) is 0 Å². The number of nitrogens with two attached hydrogens (primary N) is 1. The average Bonchev–Trinajstić information content (AvgIpc) is 2.47. The number of halogens is 3. The predicted octanol–water partition coefficient (Wildman–Crippen LogP) is 3.37. The zero-order chi connectivity index (χ0) is 15.4. The summed E-state index contributed by atoms with van der Waals surface area (Å²) in [5, 5.41) is 0.477. The predicted molar refractivity (Wildman–Crippen MR) is 78.1 cm³/mol. The topological polar surface area (TPSA) is 47.3 Å². The summed E-state index contributed by atoms with van der Waals surface area (Å²) in [4.78, 5) is 0. The van der Waals surface area contributed by atoms with E-state index in [9.17, 15) is 8.78 Å². The molecule has 0 saturated heterocycles. The molecule has 2 aromatic carbocycles. The Morgan fingerprint density at radius 2 is 2.00 bits per heavy atom. The molecule has 2 aromatic rings. The Balaban J connectivity index is 2.27. The van der Waals surface area contributed by atoms with Crippen LogP contribution in [0.3, 0.4) is 0 Å². The molecule has 112 valence electrons. The highest BCUT2D eigenvalue weighted by Crippen LogP contribution is 2.29. The molecule has 2 rings (SSSR count). The van der Waals surface area contributed by atoms with Gasteiger partial charge in [0.25, 0.3) is 0 Å². The van der Waals surface area contributed by atoms with Crippen molar-refractivity contribution >= 4 is 11.6 Å². The lowest BCUT2D eigenvalue weighted by Crippen LogP contribution is -2.29. The first-order chi connectivity index (χ1) is 10.0. The van der Waals surface area contributed by atoms with Gasteiger partial charge in [-0.25, -0.2) is 8.78 Å². The number of nitrogens with one attached hydrogen (secondary N) is 1. The summed E-state index contributed by atoms with van der Waals surface area (Å²) in [6, 6.07) is 8.31. The third-order valence-electron chi connectivity index (χ3n) is 3.22. The highest BCUT2D eigenvalue weighted by Gasteiger charge is 2.15. The molecule has 0 fully saturated rings. The van der Waals surface area contributed by atoms with Gasteiger partial charge in [0.05, 0.1) is 18.2 Å². The van der Waals surface area contributed by atoms with Gasteiger partial charge in [-0.05, 0) is 35.7 Å². The van der Waals surface area contributed by atoms with Crippen LogP contribution in [-0.4, -0.2) is 7.11 Å². The van der Waals surface area contributed by atoms with E-state index in [-0.39, 0.29) is 12.5 Å². The first-order valence-electron chi connectivity index (χ1n) is 6.28. The van der Waals surface area contributed by atoms with Gasteiger partial charge in [0.2, 0.25) is 0 Å². The summed E-state index contributed by atoms with van der Waals surface area (Å²) in [6.07, 6.45) is 0.271. The van der Waals surface area contributed by atoms with Crippen LogP contribution in [-0.2, 0) is 6.42 Å². The van der Waals surface area contributed by atoms with Crippen LogP contribution in [0, 0.1) is 11.6 Å². The number of hydrogen-bond acceptors (Lipinski definition) is 3. The lowest BCUT2D eigenvalue weighted by atomic mass is 9.99. The molecule has 0 spiro atoms. The number of benzene rings is 2. The maximum Gasteiger partial charge on any atom is 0.137 e. The second-order valence-electron chi connectivity index (χ2n) is 4.55. The first kappa shape index (κ1) is 15.7. The minimum Gasteiger partial charge on any atom is -0.495 e. The Labute approximate surface area is 126 Å². The maximum absolute atomic E-state index is 13.7. The fraction of sp³-hybridized carbons (Fsp3) is 0.200. The molecule has 0 radical (unpaired) electrons. The minimum atomic E-state index is -0.610. The second-order valence-corrected chi connectivity index (χ2v) is 4.96. The summed E-state index contributed by atoms with van der Waals surface area (Å²) in [5.74, 6) is 4.84. The monoisotopic (exact) mass is 312 g/mol. The molecule has 1 unspecified atom stereocenters. The van der Waals surface area contributed by atoms with Gasteiger partial charge in [-0.15, -0.1) is 0 Å². The van der Waals surface area contributed by atoms with E-state index in [0.29, 0.717) is 16.3 Å². The Kier molecular flexibility index (Phi) is 5.12. The smallest absolute Gasteiger partial charge is 0.137 e. The van der Waals surface area contributed by atoms with Gasteiger partial charge in [0.1, 0.15) is 17.4 Å². The van der Waals surface area contributed by atoms with Gasteiger partial charge in [0, 0.05) is 6.07 Å². The lowest BCUT2D eigenvalue weighted by Gasteiger charge is -2.18. The quantitative estimate of drug-likeness (QED) is 0.657. The fourth-order valence-electron chi connectivity index (χ4n) is 2.07. The number of methoxy groups -OCH3 is 1. The van der Waals surface area contributed by atoms with Gasteiger partial charge < -0.3 is 4.74 Å². The van der Waals surface area contributed by atoms with Gasteiger partial charge in [-0.2, -0.15) is 0 Å². The van der Waals surface area contributed by atoms with Gasteiger partial charge in [-0.1, -0.05) is 23.7 Å². The second kappa shape index (κ2) is 6.85. The summed E-state index contributed by atoms with van der Waals surface area (Å²) < 4.78 is 31.8. The number of hydrogen-bond donors (Lipinski definition) is 2. The minimum absolute atomic E-state index is 0.271. The standard InChI is InChI=1S/C15H15ClF2N2O/c1-21-15-7-10(3-5-12(15)16)14(20-19)6-9-2-4-11(17)8-13(9)18/h2-5,7-8,14,20H,6,19H2,1H3.